The Hall–Kier alpha value is -3.21. The summed E-state index contributed by atoms with van der Waals surface area (Å²) in [5.74, 6) is 1.10. The van der Waals surface area contributed by atoms with Crippen molar-refractivity contribution in [2.24, 2.45) is 7.05 Å². The summed E-state index contributed by atoms with van der Waals surface area (Å²) in [6.45, 7) is 1.79. The van der Waals surface area contributed by atoms with Crippen LogP contribution < -0.4 is 0 Å². The molecule has 0 aliphatic heterocycles. The Morgan fingerprint density at radius 3 is 2.12 bits per heavy atom. The van der Waals surface area contributed by atoms with Crippen molar-refractivity contribution in [1.82, 2.24) is 20.0 Å². The SMILES string of the molecule is Cc1nnc(-c2cccc(-c3cccc(-c4ccn(C)n4)c3)c2)o1. The number of aryl methyl sites for hydroxylation is 2. The molecule has 0 unspecified atom stereocenters. The number of hydrogen-bond donors (Lipinski definition) is 0. The third-order valence-corrected chi connectivity index (χ3v) is 3.84. The second-order valence-corrected chi connectivity index (χ2v) is 5.66. The van der Waals surface area contributed by atoms with Crippen molar-refractivity contribution in [2.75, 3.05) is 0 Å². The summed E-state index contributed by atoms with van der Waals surface area (Å²) < 4.78 is 7.33. The molecule has 0 amide bonds. The monoisotopic (exact) mass is 316 g/mol. The lowest BCUT2D eigenvalue weighted by Gasteiger charge is -2.05. The quantitative estimate of drug-likeness (QED) is 0.570. The van der Waals surface area contributed by atoms with Crippen LogP contribution in [0, 0.1) is 6.92 Å². The fraction of sp³-hybridized carbons (Fsp3) is 0.105. The van der Waals surface area contributed by atoms with Gasteiger partial charge in [0.1, 0.15) is 0 Å². The molecule has 0 aliphatic rings. The molecule has 0 bridgehead atoms. The molecule has 5 nitrogen and oxygen atoms in total. The second-order valence-electron chi connectivity index (χ2n) is 5.66. The first-order valence-electron chi connectivity index (χ1n) is 7.70. The highest BCUT2D eigenvalue weighted by molar-refractivity contribution is 5.74. The predicted octanol–water partition coefficient (Wildman–Crippen LogP) is 4.11. The van der Waals surface area contributed by atoms with E-state index in [0.717, 1.165) is 27.9 Å². The molecule has 0 saturated carbocycles. The van der Waals surface area contributed by atoms with E-state index in [4.69, 9.17) is 4.42 Å². The third-order valence-electron chi connectivity index (χ3n) is 3.84. The van der Waals surface area contributed by atoms with Gasteiger partial charge in [-0.2, -0.15) is 5.10 Å². The van der Waals surface area contributed by atoms with Gasteiger partial charge in [0.2, 0.25) is 11.8 Å². The van der Waals surface area contributed by atoms with E-state index in [-0.39, 0.29) is 0 Å². The molecule has 0 atom stereocenters. The first kappa shape index (κ1) is 14.4. The summed E-state index contributed by atoms with van der Waals surface area (Å²) in [6.07, 6.45) is 1.94. The van der Waals surface area contributed by atoms with Crippen LogP contribution in [0.1, 0.15) is 5.89 Å². The summed E-state index contributed by atoms with van der Waals surface area (Å²) in [4.78, 5) is 0. The van der Waals surface area contributed by atoms with Crippen LogP contribution in [-0.2, 0) is 7.05 Å². The van der Waals surface area contributed by atoms with Crippen molar-refractivity contribution >= 4 is 0 Å². The fourth-order valence-corrected chi connectivity index (χ4v) is 2.67. The van der Waals surface area contributed by atoms with E-state index < -0.39 is 0 Å². The van der Waals surface area contributed by atoms with Crippen molar-refractivity contribution in [3.05, 3.63) is 66.7 Å². The first-order valence-corrected chi connectivity index (χ1v) is 7.70. The Kier molecular flexibility index (Phi) is 3.46. The van der Waals surface area contributed by atoms with Crippen molar-refractivity contribution in [3.8, 4) is 33.8 Å². The largest absolute Gasteiger partial charge is 0.421 e. The molecule has 4 aromatic rings. The van der Waals surface area contributed by atoms with Crippen LogP contribution in [0.5, 0.6) is 0 Å². The molecule has 2 heterocycles. The number of benzene rings is 2. The van der Waals surface area contributed by atoms with Crippen LogP contribution in [0.2, 0.25) is 0 Å². The van der Waals surface area contributed by atoms with E-state index in [2.05, 4.69) is 45.6 Å². The van der Waals surface area contributed by atoms with Gasteiger partial charge in [0.15, 0.2) is 0 Å². The maximum absolute atomic E-state index is 5.52. The van der Waals surface area contributed by atoms with Gasteiger partial charge in [-0.25, -0.2) is 0 Å². The van der Waals surface area contributed by atoms with Crippen LogP contribution >= 0.6 is 0 Å². The van der Waals surface area contributed by atoms with Crippen molar-refractivity contribution in [1.29, 1.82) is 0 Å². The molecule has 0 N–H and O–H groups in total. The molecular formula is C19H16N4O. The van der Waals surface area contributed by atoms with E-state index in [1.807, 2.05) is 37.5 Å². The minimum atomic E-state index is 0.537. The minimum Gasteiger partial charge on any atom is -0.421 e. The van der Waals surface area contributed by atoms with Gasteiger partial charge < -0.3 is 4.42 Å². The lowest BCUT2D eigenvalue weighted by molar-refractivity contribution is 0.533. The lowest BCUT2D eigenvalue weighted by Crippen LogP contribution is -1.88. The molecular weight excluding hydrogens is 300 g/mol. The number of hydrogen-bond acceptors (Lipinski definition) is 4. The molecule has 0 fully saturated rings. The van der Waals surface area contributed by atoms with Crippen molar-refractivity contribution in [3.63, 3.8) is 0 Å². The molecule has 0 saturated heterocycles. The van der Waals surface area contributed by atoms with E-state index in [0.29, 0.717) is 11.8 Å². The summed E-state index contributed by atoms with van der Waals surface area (Å²) in [5, 5.41) is 12.5. The second kappa shape index (κ2) is 5.77. The molecule has 0 radical (unpaired) electrons. The topological polar surface area (TPSA) is 56.7 Å². The van der Waals surface area contributed by atoms with Gasteiger partial charge in [-0.05, 0) is 35.4 Å². The highest BCUT2D eigenvalue weighted by Crippen LogP contribution is 2.28. The highest BCUT2D eigenvalue weighted by atomic mass is 16.4. The zero-order chi connectivity index (χ0) is 16.5. The number of rotatable bonds is 3. The number of nitrogens with zero attached hydrogens (tertiary/aromatic N) is 4. The van der Waals surface area contributed by atoms with Gasteiger partial charge in [0.25, 0.3) is 0 Å². The summed E-state index contributed by atoms with van der Waals surface area (Å²) in [6, 6.07) is 18.5. The molecule has 118 valence electrons. The minimum absolute atomic E-state index is 0.537. The standard InChI is InChI=1S/C19H16N4O/c1-13-20-21-19(24-13)17-8-4-6-15(12-17)14-5-3-7-16(11-14)18-9-10-23(2)22-18/h3-12H,1-2H3. The van der Waals surface area contributed by atoms with Crippen LogP contribution in [0.3, 0.4) is 0 Å². The Labute approximate surface area is 139 Å². The predicted molar refractivity (Wildman–Crippen MR) is 92.1 cm³/mol. The van der Waals surface area contributed by atoms with E-state index >= 15 is 0 Å². The summed E-state index contributed by atoms with van der Waals surface area (Å²) in [5.41, 5.74) is 5.18. The van der Waals surface area contributed by atoms with E-state index in [1.165, 1.54) is 0 Å². The average molecular weight is 316 g/mol. The molecule has 0 spiro atoms. The smallest absolute Gasteiger partial charge is 0.247 e. The van der Waals surface area contributed by atoms with Gasteiger partial charge in [-0.3, -0.25) is 4.68 Å². The zero-order valence-electron chi connectivity index (χ0n) is 13.5. The highest BCUT2D eigenvalue weighted by Gasteiger charge is 2.08. The van der Waals surface area contributed by atoms with E-state index in [9.17, 15) is 0 Å². The summed E-state index contributed by atoms with van der Waals surface area (Å²) >= 11 is 0. The average Bonchev–Trinajstić information content (AvgIpc) is 3.24. The van der Waals surface area contributed by atoms with E-state index in [1.54, 1.807) is 11.6 Å². The Morgan fingerprint density at radius 2 is 1.50 bits per heavy atom. The third kappa shape index (κ3) is 2.72. The van der Waals surface area contributed by atoms with Gasteiger partial charge >= 0.3 is 0 Å². The maximum atomic E-state index is 5.52. The van der Waals surface area contributed by atoms with Gasteiger partial charge in [0.05, 0.1) is 5.69 Å². The molecule has 4 rings (SSSR count). The molecule has 2 aromatic carbocycles. The fourth-order valence-electron chi connectivity index (χ4n) is 2.67. The summed E-state index contributed by atoms with van der Waals surface area (Å²) in [7, 11) is 1.92. The van der Waals surface area contributed by atoms with Crippen LogP contribution in [0.25, 0.3) is 33.8 Å². The first-order chi connectivity index (χ1) is 11.7. The molecule has 24 heavy (non-hydrogen) atoms. The van der Waals surface area contributed by atoms with Gasteiger partial charge in [0, 0.05) is 31.3 Å². The van der Waals surface area contributed by atoms with Crippen LogP contribution in [0.15, 0.2) is 65.2 Å². The molecule has 5 heteroatoms. The van der Waals surface area contributed by atoms with Crippen LogP contribution in [0.4, 0.5) is 0 Å². The maximum Gasteiger partial charge on any atom is 0.247 e. The van der Waals surface area contributed by atoms with Crippen molar-refractivity contribution < 1.29 is 4.42 Å². The Balaban J connectivity index is 1.74. The zero-order valence-corrected chi connectivity index (χ0v) is 13.5. The Morgan fingerprint density at radius 1 is 0.833 bits per heavy atom. The normalized spacial score (nSPS) is 10.9. The van der Waals surface area contributed by atoms with Crippen LogP contribution in [-0.4, -0.2) is 20.0 Å². The number of aromatic nitrogens is 4. The lowest BCUT2D eigenvalue weighted by atomic mass is 10.00. The van der Waals surface area contributed by atoms with Gasteiger partial charge in [-0.1, -0.05) is 30.3 Å². The molecule has 2 aromatic heterocycles. The Bertz CT molecular complexity index is 918. The van der Waals surface area contributed by atoms with Gasteiger partial charge in [-0.15, -0.1) is 10.2 Å². The molecule has 0 aliphatic carbocycles. The van der Waals surface area contributed by atoms with Crippen molar-refractivity contribution in [2.45, 2.75) is 6.92 Å².